The monoisotopic (exact) mass is 282 g/mol. The van der Waals surface area contributed by atoms with Crippen LogP contribution in [0, 0.1) is 0 Å². The minimum absolute atomic E-state index is 0.0205. The van der Waals surface area contributed by atoms with Crippen LogP contribution >= 0.6 is 12.6 Å². The molecule has 1 heterocycles. The Balaban J connectivity index is 0.000000494. The summed E-state index contributed by atoms with van der Waals surface area (Å²) in [4.78, 5) is 0. The number of thiol groups is 1. The summed E-state index contributed by atoms with van der Waals surface area (Å²) in [7, 11) is 0. The average Bonchev–Trinajstić information content (AvgIpc) is 2.47. The van der Waals surface area contributed by atoms with Gasteiger partial charge in [0.1, 0.15) is 0 Å². The zero-order valence-corrected chi connectivity index (χ0v) is 12.5. The van der Waals surface area contributed by atoms with Crippen molar-refractivity contribution in [3.05, 3.63) is 0 Å². The molecule has 5 nitrogen and oxygen atoms in total. The first-order chi connectivity index (χ1) is 8.03. The van der Waals surface area contributed by atoms with Gasteiger partial charge in [0.05, 0.1) is 12.2 Å². The van der Waals surface area contributed by atoms with Crippen LogP contribution in [0.3, 0.4) is 0 Å². The Morgan fingerprint density at radius 3 is 2.11 bits per heavy atom. The number of hydrogen-bond donors (Lipinski definition) is 4. The molecule has 0 radical (unpaired) electrons. The van der Waals surface area contributed by atoms with Crippen molar-refractivity contribution in [2.45, 2.75) is 64.3 Å². The van der Waals surface area contributed by atoms with Crippen LogP contribution in [0.25, 0.3) is 0 Å². The van der Waals surface area contributed by atoms with Gasteiger partial charge in [-0.2, -0.15) is 12.6 Å². The van der Waals surface area contributed by atoms with Gasteiger partial charge in [0.15, 0.2) is 11.6 Å². The van der Waals surface area contributed by atoms with E-state index in [1.165, 1.54) is 13.8 Å². The lowest BCUT2D eigenvalue weighted by Crippen LogP contribution is -2.35. The lowest BCUT2D eigenvalue weighted by atomic mass is 10.1. The topological polar surface area (TPSA) is 79.2 Å². The molecule has 110 valence electrons. The summed E-state index contributed by atoms with van der Waals surface area (Å²) in [6, 6.07) is 0. The molecule has 1 fully saturated rings. The highest BCUT2D eigenvalue weighted by Gasteiger charge is 2.32. The van der Waals surface area contributed by atoms with Crippen LogP contribution in [-0.2, 0) is 9.47 Å². The van der Waals surface area contributed by atoms with Crippen molar-refractivity contribution >= 4 is 12.6 Å². The van der Waals surface area contributed by atoms with Crippen molar-refractivity contribution in [1.82, 2.24) is 0 Å². The predicted octanol–water partition coefficient (Wildman–Crippen LogP) is 0.916. The molecule has 1 rings (SSSR count). The molecule has 0 aromatic carbocycles. The molecule has 6 heteroatoms. The molecule has 2 atom stereocenters. The average molecular weight is 282 g/mol. The summed E-state index contributed by atoms with van der Waals surface area (Å²) in [5, 5.41) is 25.6. The molecule has 0 bridgehead atoms. The van der Waals surface area contributed by atoms with E-state index in [0.717, 1.165) is 25.2 Å². The fourth-order valence-corrected chi connectivity index (χ4v) is 1.78. The fourth-order valence-electron chi connectivity index (χ4n) is 1.53. The lowest BCUT2D eigenvalue weighted by molar-refractivity contribution is -0.214. The molecule has 2 unspecified atom stereocenters. The number of aliphatic hydroxyl groups is 3. The molecule has 1 aliphatic rings. The zero-order chi connectivity index (χ0) is 14.4. The SMILES string of the molecule is CC(C)(O)O.CC(C)(O)OC1CCOC1CCS. The van der Waals surface area contributed by atoms with Gasteiger partial charge in [-0.05, 0) is 46.3 Å². The predicted molar refractivity (Wildman–Crippen MR) is 72.5 cm³/mol. The quantitative estimate of drug-likeness (QED) is 0.455. The van der Waals surface area contributed by atoms with Gasteiger partial charge in [0.25, 0.3) is 0 Å². The first kappa shape index (κ1) is 18.1. The zero-order valence-electron chi connectivity index (χ0n) is 11.6. The molecule has 0 aliphatic carbocycles. The standard InChI is InChI=1S/C9H18O3S.C3H8O2/c1-9(2,10)12-8-3-5-11-7(8)4-6-13;1-3(2,4)5/h7-8,10,13H,3-6H2,1-2H3;4-5H,1-2H3. The summed E-state index contributed by atoms with van der Waals surface area (Å²) < 4.78 is 10.9. The summed E-state index contributed by atoms with van der Waals surface area (Å²) >= 11 is 4.15. The van der Waals surface area contributed by atoms with Crippen molar-refractivity contribution in [3.63, 3.8) is 0 Å². The first-order valence-corrected chi connectivity index (χ1v) is 6.73. The lowest BCUT2D eigenvalue weighted by Gasteiger charge is -2.26. The van der Waals surface area contributed by atoms with Crippen LogP contribution in [0.15, 0.2) is 0 Å². The van der Waals surface area contributed by atoms with Crippen molar-refractivity contribution in [3.8, 4) is 0 Å². The van der Waals surface area contributed by atoms with Gasteiger partial charge in [-0.25, -0.2) is 0 Å². The Bertz CT molecular complexity index is 215. The molecule has 0 aromatic heterocycles. The molecule has 18 heavy (non-hydrogen) atoms. The maximum absolute atomic E-state index is 9.47. The minimum atomic E-state index is -1.50. The Morgan fingerprint density at radius 2 is 1.72 bits per heavy atom. The van der Waals surface area contributed by atoms with Crippen LogP contribution in [0.4, 0.5) is 0 Å². The molecule has 0 saturated carbocycles. The highest BCUT2D eigenvalue weighted by atomic mass is 32.1. The van der Waals surface area contributed by atoms with Gasteiger partial charge >= 0.3 is 0 Å². The fraction of sp³-hybridized carbons (Fsp3) is 1.00. The van der Waals surface area contributed by atoms with E-state index in [1.807, 2.05) is 0 Å². The Kier molecular flexibility index (Phi) is 7.73. The molecule has 3 N–H and O–H groups in total. The number of hydrogen-bond acceptors (Lipinski definition) is 6. The molecular weight excluding hydrogens is 256 g/mol. The summed E-state index contributed by atoms with van der Waals surface area (Å²) in [6.07, 6.45) is 1.86. The molecular formula is C12H26O5S. The Hall–Kier alpha value is 0.150. The highest BCUT2D eigenvalue weighted by Crippen LogP contribution is 2.23. The molecule has 0 amide bonds. The van der Waals surface area contributed by atoms with Crippen LogP contribution in [0.5, 0.6) is 0 Å². The van der Waals surface area contributed by atoms with Gasteiger partial charge < -0.3 is 24.8 Å². The minimum Gasteiger partial charge on any atom is -0.375 e. The summed E-state index contributed by atoms with van der Waals surface area (Å²) in [5.74, 6) is -1.77. The summed E-state index contributed by atoms with van der Waals surface area (Å²) in [6.45, 7) is 6.60. The van der Waals surface area contributed by atoms with Crippen molar-refractivity contribution < 1.29 is 24.8 Å². The van der Waals surface area contributed by atoms with Crippen LogP contribution in [0.1, 0.15) is 40.5 Å². The van der Waals surface area contributed by atoms with E-state index in [0.29, 0.717) is 0 Å². The number of ether oxygens (including phenoxy) is 2. The van der Waals surface area contributed by atoms with Gasteiger partial charge in [-0.3, -0.25) is 0 Å². The Morgan fingerprint density at radius 1 is 1.22 bits per heavy atom. The van der Waals surface area contributed by atoms with Crippen LogP contribution in [0.2, 0.25) is 0 Å². The molecule has 1 aliphatic heterocycles. The molecule has 1 saturated heterocycles. The van der Waals surface area contributed by atoms with E-state index >= 15 is 0 Å². The van der Waals surface area contributed by atoms with E-state index in [9.17, 15) is 5.11 Å². The normalized spacial score (nSPS) is 24.7. The van der Waals surface area contributed by atoms with Crippen LogP contribution < -0.4 is 0 Å². The molecule has 0 spiro atoms. The van der Waals surface area contributed by atoms with E-state index in [2.05, 4.69) is 12.6 Å². The molecule has 0 aromatic rings. The second-order valence-electron chi connectivity index (χ2n) is 5.31. The maximum atomic E-state index is 9.47. The first-order valence-electron chi connectivity index (χ1n) is 6.10. The smallest absolute Gasteiger partial charge is 0.160 e. The third-order valence-electron chi connectivity index (χ3n) is 2.00. The third kappa shape index (κ3) is 11.3. The van der Waals surface area contributed by atoms with E-state index in [-0.39, 0.29) is 12.2 Å². The second kappa shape index (κ2) is 7.67. The second-order valence-corrected chi connectivity index (χ2v) is 5.75. The van der Waals surface area contributed by atoms with E-state index in [1.54, 1.807) is 13.8 Å². The highest BCUT2D eigenvalue weighted by molar-refractivity contribution is 7.80. The van der Waals surface area contributed by atoms with Crippen molar-refractivity contribution in [2.75, 3.05) is 12.4 Å². The third-order valence-corrected chi connectivity index (χ3v) is 2.26. The summed E-state index contributed by atoms with van der Waals surface area (Å²) in [5.41, 5.74) is 0. The van der Waals surface area contributed by atoms with Gasteiger partial charge in [-0.1, -0.05) is 0 Å². The van der Waals surface area contributed by atoms with Crippen LogP contribution in [-0.4, -0.2) is 51.5 Å². The van der Waals surface area contributed by atoms with E-state index in [4.69, 9.17) is 19.7 Å². The number of rotatable bonds is 4. The Labute approximate surface area is 115 Å². The maximum Gasteiger partial charge on any atom is 0.160 e. The van der Waals surface area contributed by atoms with Gasteiger partial charge in [0, 0.05) is 6.61 Å². The van der Waals surface area contributed by atoms with Crippen molar-refractivity contribution in [1.29, 1.82) is 0 Å². The van der Waals surface area contributed by atoms with Crippen molar-refractivity contribution in [2.24, 2.45) is 0 Å². The van der Waals surface area contributed by atoms with Gasteiger partial charge in [0.2, 0.25) is 0 Å². The largest absolute Gasteiger partial charge is 0.375 e. The van der Waals surface area contributed by atoms with E-state index < -0.39 is 11.6 Å². The van der Waals surface area contributed by atoms with Gasteiger partial charge in [-0.15, -0.1) is 0 Å².